The summed E-state index contributed by atoms with van der Waals surface area (Å²) in [7, 11) is -1.45. The molecule has 3 aromatic rings. The summed E-state index contributed by atoms with van der Waals surface area (Å²) in [5, 5.41) is 6.47. The van der Waals surface area contributed by atoms with Crippen LogP contribution in [0.4, 0.5) is 38.0 Å². The molecule has 262 valence electrons. The van der Waals surface area contributed by atoms with Crippen molar-refractivity contribution in [1.82, 2.24) is 29.2 Å². The van der Waals surface area contributed by atoms with Crippen molar-refractivity contribution in [2.75, 3.05) is 43.0 Å². The number of anilines is 2. The Balaban J connectivity index is 1.41. The van der Waals surface area contributed by atoms with E-state index in [1.54, 1.807) is 4.90 Å². The molecular formula is C29H36F6N8O4Si. The first-order valence-electron chi connectivity index (χ1n) is 15.0. The summed E-state index contributed by atoms with van der Waals surface area (Å²) in [4.78, 5) is 49.9. The highest BCUT2D eigenvalue weighted by molar-refractivity contribution is 6.76. The quantitative estimate of drug-likeness (QED) is 0.179. The average Bonchev–Trinajstić information content (AvgIpc) is 2.99. The molecular weight excluding hydrogens is 666 g/mol. The van der Waals surface area contributed by atoms with Crippen LogP contribution in [0.3, 0.4) is 0 Å². The van der Waals surface area contributed by atoms with Gasteiger partial charge in [0.2, 0.25) is 5.95 Å². The van der Waals surface area contributed by atoms with Gasteiger partial charge in [0.1, 0.15) is 17.9 Å². The Morgan fingerprint density at radius 1 is 0.979 bits per heavy atom. The maximum Gasteiger partial charge on any atom is 0.423 e. The largest absolute Gasteiger partial charge is 0.423 e. The van der Waals surface area contributed by atoms with E-state index in [-0.39, 0.29) is 50.8 Å². The minimum atomic E-state index is -5.01. The lowest BCUT2D eigenvalue weighted by molar-refractivity contribution is -0.139. The van der Waals surface area contributed by atoms with E-state index in [9.17, 15) is 40.7 Å². The number of nitrogens with one attached hydrogen (secondary N) is 1. The number of hydrogen-bond acceptors (Lipinski definition) is 9. The molecule has 0 unspecified atom stereocenters. The first-order valence-corrected chi connectivity index (χ1v) is 18.7. The van der Waals surface area contributed by atoms with E-state index in [0.717, 1.165) is 12.2 Å². The molecule has 3 aromatic heterocycles. The standard InChI is InChI=1S/C29H36F6N8O4Si/c1-19(39-22-16-38-43(18-47-12-13-48(2,3)4)26(46)23(22)29(33,34)35)17-42-7-5-6-21(25(42)45)24(44)40-8-10-41(11-9-40)27-36-14-20(15-37-27)28(30,31)32/h5-7,14-16,19,39H,8-13,17-18H2,1-4H3/t19-/m0/s1. The predicted octanol–water partition coefficient (Wildman–Crippen LogP) is 4.01. The van der Waals surface area contributed by atoms with Crippen LogP contribution in [0.5, 0.6) is 0 Å². The lowest BCUT2D eigenvalue weighted by atomic mass is 10.2. The Morgan fingerprint density at radius 3 is 2.21 bits per heavy atom. The number of carbonyl (C=O) groups is 1. The van der Waals surface area contributed by atoms with Gasteiger partial charge in [0.15, 0.2) is 0 Å². The van der Waals surface area contributed by atoms with Crippen LogP contribution in [0.25, 0.3) is 0 Å². The predicted molar refractivity (Wildman–Crippen MR) is 167 cm³/mol. The Bertz CT molecular complexity index is 1700. The number of nitrogens with zero attached hydrogens (tertiary/aromatic N) is 7. The molecule has 1 saturated heterocycles. The van der Waals surface area contributed by atoms with E-state index in [1.807, 2.05) is 0 Å². The maximum atomic E-state index is 14.0. The normalized spacial score (nSPS) is 15.0. The molecule has 48 heavy (non-hydrogen) atoms. The lowest BCUT2D eigenvalue weighted by Gasteiger charge is -2.34. The number of piperazine rings is 1. The molecule has 4 heterocycles. The third kappa shape index (κ3) is 9.21. The van der Waals surface area contributed by atoms with Gasteiger partial charge >= 0.3 is 12.4 Å². The van der Waals surface area contributed by atoms with Crippen molar-refractivity contribution < 1.29 is 35.9 Å². The molecule has 0 bridgehead atoms. The van der Waals surface area contributed by atoms with Gasteiger partial charge in [-0.2, -0.15) is 31.4 Å². The minimum Gasteiger partial charge on any atom is -0.379 e. The fourth-order valence-electron chi connectivity index (χ4n) is 4.85. The Hall–Kier alpha value is -4.26. The zero-order chi connectivity index (χ0) is 35.4. The van der Waals surface area contributed by atoms with Crippen LogP contribution < -0.4 is 21.3 Å². The van der Waals surface area contributed by atoms with Crippen molar-refractivity contribution in [3.63, 3.8) is 0 Å². The van der Waals surface area contributed by atoms with Gasteiger partial charge in [0, 0.05) is 72.0 Å². The van der Waals surface area contributed by atoms with Crippen LogP contribution in [-0.2, 0) is 30.4 Å². The van der Waals surface area contributed by atoms with E-state index >= 15 is 0 Å². The van der Waals surface area contributed by atoms with Crippen molar-refractivity contribution in [3.8, 4) is 0 Å². The minimum absolute atomic E-state index is 0.0747. The van der Waals surface area contributed by atoms with Crippen LogP contribution in [-0.4, -0.2) is 82.0 Å². The van der Waals surface area contributed by atoms with Crippen molar-refractivity contribution in [2.45, 2.75) is 64.3 Å². The van der Waals surface area contributed by atoms with Crippen LogP contribution >= 0.6 is 0 Å². The van der Waals surface area contributed by atoms with Crippen LogP contribution in [0.2, 0.25) is 25.7 Å². The molecule has 1 atom stereocenters. The van der Waals surface area contributed by atoms with E-state index in [0.29, 0.717) is 17.1 Å². The number of rotatable bonds is 11. The van der Waals surface area contributed by atoms with Crippen LogP contribution in [0, 0.1) is 0 Å². The zero-order valence-electron chi connectivity index (χ0n) is 26.7. The smallest absolute Gasteiger partial charge is 0.379 e. The number of hydrogen-bond donors (Lipinski definition) is 1. The monoisotopic (exact) mass is 702 g/mol. The van der Waals surface area contributed by atoms with E-state index in [1.165, 1.54) is 34.7 Å². The van der Waals surface area contributed by atoms with Crippen LogP contribution in [0.15, 0.2) is 46.5 Å². The number of pyridine rings is 1. The second kappa shape index (κ2) is 14.5. The fourth-order valence-corrected chi connectivity index (χ4v) is 5.61. The highest BCUT2D eigenvalue weighted by atomic mass is 28.3. The maximum absolute atomic E-state index is 14.0. The van der Waals surface area contributed by atoms with Gasteiger partial charge in [-0.3, -0.25) is 14.4 Å². The van der Waals surface area contributed by atoms with Crippen molar-refractivity contribution in [3.05, 3.63) is 74.3 Å². The van der Waals surface area contributed by atoms with E-state index in [4.69, 9.17) is 4.74 Å². The first-order chi connectivity index (χ1) is 22.3. The summed E-state index contributed by atoms with van der Waals surface area (Å²) in [6.45, 7) is 8.23. The molecule has 1 aliphatic rings. The SMILES string of the molecule is C[C@@H](Cn1cccc(C(=O)N2CCN(c3ncc(C(F)(F)F)cn3)CC2)c1=O)Nc1cnn(COCC[Si](C)(C)C)c(=O)c1C(F)(F)F. The van der Waals surface area contributed by atoms with Gasteiger partial charge in [0.25, 0.3) is 17.0 Å². The summed E-state index contributed by atoms with van der Waals surface area (Å²) in [6, 6.07) is 2.74. The first kappa shape index (κ1) is 36.6. The molecule has 1 amide bonds. The number of alkyl halides is 6. The summed E-state index contributed by atoms with van der Waals surface area (Å²) >= 11 is 0. The third-order valence-corrected chi connectivity index (χ3v) is 9.18. The molecule has 0 saturated carbocycles. The summed E-state index contributed by atoms with van der Waals surface area (Å²) in [5.74, 6) is -0.507. The molecule has 0 spiro atoms. The van der Waals surface area contributed by atoms with Crippen molar-refractivity contribution >= 4 is 25.6 Å². The topological polar surface area (TPSA) is 127 Å². The van der Waals surface area contributed by atoms with Crippen LogP contribution in [0.1, 0.15) is 28.4 Å². The lowest BCUT2D eigenvalue weighted by Crippen LogP contribution is -2.50. The number of ether oxygens (including phenoxy) is 1. The summed E-state index contributed by atoms with van der Waals surface area (Å²) in [6.07, 6.45) is -5.94. The molecule has 1 fully saturated rings. The number of carbonyl (C=O) groups excluding carboxylic acids is 1. The van der Waals surface area contributed by atoms with E-state index in [2.05, 4.69) is 40.0 Å². The Morgan fingerprint density at radius 2 is 1.62 bits per heavy atom. The van der Waals surface area contributed by atoms with Gasteiger partial charge in [0.05, 0.1) is 17.4 Å². The van der Waals surface area contributed by atoms with Gasteiger partial charge in [-0.05, 0) is 25.1 Å². The third-order valence-electron chi connectivity index (χ3n) is 7.48. The number of aromatic nitrogens is 5. The Labute approximate surface area is 272 Å². The fraction of sp³-hybridized carbons (Fsp3) is 0.517. The molecule has 12 nitrogen and oxygen atoms in total. The molecule has 1 N–H and O–H groups in total. The van der Waals surface area contributed by atoms with Gasteiger partial charge in [-0.15, -0.1) is 0 Å². The molecule has 4 rings (SSSR count). The second-order valence-corrected chi connectivity index (χ2v) is 18.2. The zero-order valence-corrected chi connectivity index (χ0v) is 27.7. The molecule has 0 radical (unpaired) electrons. The van der Waals surface area contributed by atoms with Gasteiger partial charge in [-0.1, -0.05) is 19.6 Å². The number of halogens is 6. The van der Waals surface area contributed by atoms with Gasteiger partial charge in [-0.25, -0.2) is 14.6 Å². The van der Waals surface area contributed by atoms with Crippen molar-refractivity contribution in [1.29, 1.82) is 0 Å². The average molecular weight is 703 g/mol. The molecule has 0 aliphatic carbocycles. The molecule has 19 heteroatoms. The highest BCUT2D eigenvalue weighted by Gasteiger charge is 2.39. The summed E-state index contributed by atoms with van der Waals surface area (Å²) < 4.78 is 87.7. The highest BCUT2D eigenvalue weighted by Crippen LogP contribution is 2.32. The van der Waals surface area contributed by atoms with Gasteiger partial charge < -0.3 is 24.4 Å². The number of amides is 1. The Kier molecular flexibility index (Phi) is 11.0. The van der Waals surface area contributed by atoms with E-state index < -0.39 is 67.0 Å². The second-order valence-electron chi connectivity index (χ2n) is 12.6. The molecule has 0 aromatic carbocycles. The van der Waals surface area contributed by atoms with Crippen molar-refractivity contribution in [2.24, 2.45) is 0 Å². The summed E-state index contributed by atoms with van der Waals surface area (Å²) in [5.41, 5.74) is -5.21. The molecule has 1 aliphatic heterocycles.